The highest BCUT2D eigenvalue weighted by atomic mass is 16.5. The van der Waals surface area contributed by atoms with Gasteiger partial charge in [-0.1, -0.05) is 41.5 Å². The Hall–Kier alpha value is -2.44. The van der Waals surface area contributed by atoms with Crippen molar-refractivity contribution < 1.29 is 14.3 Å². The van der Waals surface area contributed by atoms with Crippen molar-refractivity contribution in [1.82, 2.24) is 19.4 Å². The summed E-state index contributed by atoms with van der Waals surface area (Å²) in [5, 5.41) is 0. The van der Waals surface area contributed by atoms with Crippen molar-refractivity contribution in [2.24, 2.45) is 17.8 Å². The molecule has 0 bridgehead atoms. The Balaban J connectivity index is 2.40. The van der Waals surface area contributed by atoms with Crippen molar-refractivity contribution >= 4 is 22.9 Å². The minimum absolute atomic E-state index is 0.00349. The molecule has 0 aliphatic rings. The summed E-state index contributed by atoms with van der Waals surface area (Å²) in [6.07, 6.45) is 3.46. The van der Waals surface area contributed by atoms with Gasteiger partial charge in [0, 0.05) is 25.1 Å². The lowest BCUT2D eigenvalue weighted by Gasteiger charge is -2.25. The number of carbonyl (C=O) groups excluding carboxylic acids is 2. The molecule has 30 heavy (non-hydrogen) atoms. The van der Waals surface area contributed by atoms with Gasteiger partial charge in [0.1, 0.15) is 12.3 Å². The van der Waals surface area contributed by atoms with E-state index in [1.165, 1.54) is 0 Å². The van der Waals surface area contributed by atoms with Crippen LogP contribution in [0.3, 0.4) is 0 Å². The molecule has 0 unspecified atom stereocenters. The number of nitrogens with zero attached hydrogens (tertiary/aromatic N) is 4. The molecule has 0 aliphatic heterocycles. The summed E-state index contributed by atoms with van der Waals surface area (Å²) in [5.41, 5.74) is 1.09. The zero-order chi connectivity index (χ0) is 22.4. The van der Waals surface area contributed by atoms with Crippen LogP contribution in [0.4, 0.5) is 0 Å². The number of amides is 1. The summed E-state index contributed by atoms with van der Waals surface area (Å²) in [6, 6.07) is 1.78. The van der Waals surface area contributed by atoms with Gasteiger partial charge < -0.3 is 14.2 Å². The van der Waals surface area contributed by atoms with Crippen molar-refractivity contribution in [2.75, 3.05) is 20.2 Å². The van der Waals surface area contributed by atoms with Crippen molar-refractivity contribution in [3.63, 3.8) is 0 Å². The van der Waals surface area contributed by atoms with Crippen LogP contribution < -0.4 is 4.74 Å². The number of rotatable bonds is 11. The second kappa shape index (κ2) is 10.5. The molecule has 0 radical (unpaired) electrons. The van der Waals surface area contributed by atoms with Crippen LogP contribution in [0.2, 0.25) is 0 Å². The Morgan fingerprint density at radius 1 is 1.07 bits per heavy atom. The molecule has 0 N–H and O–H groups in total. The number of pyridine rings is 1. The molecular formula is C23H36N4O3. The highest BCUT2D eigenvalue weighted by molar-refractivity contribution is 5.97. The van der Waals surface area contributed by atoms with Gasteiger partial charge >= 0.3 is 0 Å². The Bertz CT molecular complexity index is 859. The standard InChI is InChI=1S/C23H36N4O3/c1-15(2)8-10-26(11-9-16(3)4)20(28)14-27-19-12-18(30-7)13-24-22(19)25-23(27)21(29)17(5)6/h12-13,15-17H,8-11,14H2,1-7H3. The van der Waals surface area contributed by atoms with E-state index < -0.39 is 0 Å². The quantitative estimate of drug-likeness (QED) is 0.513. The van der Waals surface area contributed by atoms with Crippen LogP contribution in [0.5, 0.6) is 5.75 Å². The second-order valence-corrected chi connectivity index (χ2v) is 9.00. The molecule has 2 aromatic heterocycles. The Labute approximate surface area is 179 Å². The normalized spacial score (nSPS) is 11.7. The third-order valence-corrected chi connectivity index (χ3v) is 5.16. The maximum absolute atomic E-state index is 13.3. The third-order valence-electron chi connectivity index (χ3n) is 5.16. The number of carbonyl (C=O) groups is 2. The minimum Gasteiger partial charge on any atom is -0.495 e. The van der Waals surface area contributed by atoms with E-state index in [1.54, 1.807) is 23.9 Å². The summed E-state index contributed by atoms with van der Waals surface area (Å²) in [4.78, 5) is 36.8. The number of aromatic nitrogens is 3. The van der Waals surface area contributed by atoms with E-state index in [0.29, 0.717) is 41.8 Å². The fourth-order valence-corrected chi connectivity index (χ4v) is 3.13. The molecule has 2 rings (SSSR count). The molecule has 0 saturated carbocycles. The van der Waals surface area contributed by atoms with Gasteiger partial charge in [-0.15, -0.1) is 0 Å². The molecule has 0 aliphatic carbocycles. The lowest BCUT2D eigenvalue weighted by Crippen LogP contribution is -2.37. The smallest absolute Gasteiger partial charge is 0.242 e. The number of imidazole rings is 1. The van der Waals surface area contributed by atoms with Crippen molar-refractivity contribution in [3.05, 3.63) is 18.1 Å². The van der Waals surface area contributed by atoms with Crippen LogP contribution in [0, 0.1) is 17.8 Å². The van der Waals surface area contributed by atoms with Crippen molar-refractivity contribution in [1.29, 1.82) is 0 Å². The summed E-state index contributed by atoms with van der Waals surface area (Å²) >= 11 is 0. The van der Waals surface area contributed by atoms with Crippen LogP contribution in [-0.4, -0.2) is 51.3 Å². The highest BCUT2D eigenvalue weighted by Crippen LogP contribution is 2.22. The average Bonchev–Trinajstić information content (AvgIpc) is 3.04. The van der Waals surface area contributed by atoms with E-state index >= 15 is 0 Å². The maximum Gasteiger partial charge on any atom is 0.242 e. The van der Waals surface area contributed by atoms with Crippen LogP contribution in [-0.2, 0) is 11.3 Å². The van der Waals surface area contributed by atoms with Gasteiger partial charge in [-0.05, 0) is 24.7 Å². The van der Waals surface area contributed by atoms with E-state index in [2.05, 4.69) is 37.7 Å². The number of Topliss-reactive ketones (excluding diaryl/α,β-unsaturated/α-hetero) is 1. The Morgan fingerprint density at radius 3 is 2.17 bits per heavy atom. The number of fused-ring (bicyclic) bond motifs is 1. The first-order valence-corrected chi connectivity index (χ1v) is 10.9. The summed E-state index contributed by atoms with van der Waals surface area (Å²) in [6.45, 7) is 13.8. The van der Waals surface area contributed by atoms with Crippen molar-refractivity contribution in [2.45, 2.75) is 60.9 Å². The lowest BCUT2D eigenvalue weighted by molar-refractivity contribution is -0.132. The number of hydrogen-bond donors (Lipinski definition) is 0. The molecule has 166 valence electrons. The molecule has 0 spiro atoms. The monoisotopic (exact) mass is 416 g/mol. The largest absolute Gasteiger partial charge is 0.495 e. The molecule has 0 aromatic carbocycles. The maximum atomic E-state index is 13.3. The number of ketones is 1. The van der Waals surface area contributed by atoms with Crippen molar-refractivity contribution in [3.8, 4) is 5.75 Å². The van der Waals surface area contributed by atoms with Gasteiger partial charge in [0.2, 0.25) is 11.7 Å². The van der Waals surface area contributed by atoms with Gasteiger partial charge in [-0.3, -0.25) is 9.59 Å². The molecule has 2 aromatic rings. The number of methoxy groups -OCH3 is 1. The average molecular weight is 417 g/mol. The van der Waals surface area contributed by atoms with Gasteiger partial charge in [0.25, 0.3) is 0 Å². The third kappa shape index (κ3) is 6.03. The fraction of sp³-hybridized carbons (Fsp3) is 0.652. The topological polar surface area (TPSA) is 77.3 Å². The number of ether oxygens (including phenoxy) is 1. The molecule has 0 fully saturated rings. The predicted molar refractivity (Wildman–Crippen MR) is 119 cm³/mol. The van der Waals surface area contributed by atoms with Gasteiger partial charge in [-0.25, -0.2) is 9.97 Å². The molecule has 7 heteroatoms. The van der Waals surface area contributed by atoms with E-state index in [-0.39, 0.29) is 30.0 Å². The predicted octanol–water partition coefficient (Wildman–Crippen LogP) is 4.20. The minimum atomic E-state index is -0.226. The first-order valence-electron chi connectivity index (χ1n) is 10.9. The van der Waals surface area contributed by atoms with Gasteiger partial charge in [0.15, 0.2) is 11.5 Å². The lowest BCUT2D eigenvalue weighted by atomic mass is 10.1. The van der Waals surface area contributed by atoms with E-state index in [9.17, 15) is 9.59 Å². The molecule has 1 amide bonds. The van der Waals surface area contributed by atoms with E-state index in [0.717, 1.165) is 12.8 Å². The van der Waals surface area contributed by atoms with Crippen LogP contribution in [0.15, 0.2) is 12.3 Å². The van der Waals surface area contributed by atoms with Gasteiger partial charge in [-0.2, -0.15) is 0 Å². The summed E-state index contributed by atoms with van der Waals surface area (Å²) < 4.78 is 6.99. The Kier molecular flexibility index (Phi) is 8.38. The zero-order valence-electron chi connectivity index (χ0n) is 19.4. The fourth-order valence-electron chi connectivity index (χ4n) is 3.13. The van der Waals surface area contributed by atoms with Crippen LogP contribution in [0.1, 0.15) is 65.0 Å². The van der Waals surface area contributed by atoms with Crippen LogP contribution in [0.25, 0.3) is 11.2 Å². The van der Waals surface area contributed by atoms with Gasteiger partial charge in [0.05, 0.1) is 18.8 Å². The molecular weight excluding hydrogens is 380 g/mol. The highest BCUT2D eigenvalue weighted by Gasteiger charge is 2.24. The van der Waals surface area contributed by atoms with E-state index in [4.69, 9.17) is 4.74 Å². The molecule has 0 atom stereocenters. The summed E-state index contributed by atoms with van der Waals surface area (Å²) in [5.74, 6) is 1.54. The molecule has 7 nitrogen and oxygen atoms in total. The SMILES string of the molecule is COc1cnc2nc(C(=O)C(C)C)n(CC(=O)N(CCC(C)C)CCC(C)C)c2c1. The first kappa shape index (κ1) is 23.8. The summed E-state index contributed by atoms with van der Waals surface area (Å²) in [7, 11) is 1.56. The Morgan fingerprint density at radius 2 is 1.67 bits per heavy atom. The molecule has 0 saturated heterocycles. The molecule has 2 heterocycles. The second-order valence-electron chi connectivity index (χ2n) is 9.00. The van der Waals surface area contributed by atoms with Crippen LogP contribution >= 0.6 is 0 Å². The van der Waals surface area contributed by atoms with E-state index in [1.807, 2.05) is 18.7 Å². The zero-order valence-corrected chi connectivity index (χ0v) is 19.4. The first-order chi connectivity index (χ1) is 14.1. The number of hydrogen-bond acceptors (Lipinski definition) is 5.